The van der Waals surface area contributed by atoms with Crippen molar-refractivity contribution in [3.63, 3.8) is 0 Å². The number of nitrogens with zero attached hydrogens (tertiary/aromatic N) is 3. The van der Waals surface area contributed by atoms with E-state index in [1.807, 2.05) is 56.0 Å². The Kier molecular flexibility index (Phi) is 7.79. The van der Waals surface area contributed by atoms with Gasteiger partial charge in [0.2, 0.25) is 0 Å². The van der Waals surface area contributed by atoms with E-state index in [0.29, 0.717) is 18.9 Å². The number of aromatic nitrogens is 2. The van der Waals surface area contributed by atoms with Crippen LogP contribution < -0.4 is 20.1 Å². The second-order valence-electron chi connectivity index (χ2n) is 5.82. The number of guanidine groups is 1. The van der Waals surface area contributed by atoms with Gasteiger partial charge < -0.3 is 20.1 Å². The molecular weight excluding hydrogens is 330 g/mol. The Hall–Kier alpha value is -2.70. The molecule has 2 N–H and O–H groups in total. The first-order chi connectivity index (χ1) is 12.7. The highest BCUT2D eigenvalue weighted by molar-refractivity contribution is 5.93. The Morgan fingerprint density at radius 2 is 2.12 bits per heavy atom. The van der Waals surface area contributed by atoms with E-state index in [0.717, 1.165) is 36.9 Å². The smallest absolute Gasteiger partial charge is 0.195 e. The molecule has 0 spiro atoms. The van der Waals surface area contributed by atoms with E-state index in [2.05, 4.69) is 20.7 Å². The summed E-state index contributed by atoms with van der Waals surface area (Å²) in [6, 6.07) is 5.76. The normalized spacial score (nSPS) is 11.3. The van der Waals surface area contributed by atoms with Gasteiger partial charge >= 0.3 is 0 Å². The molecule has 0 atom stereocenters. The second-order valence-corrected chi connectivity index (χ2v) is 5.82. The lowest BCUT2D eigenvalue weighted by Crippen LogP contribution is -2.30. The summed E-state index contributed by atoms with van der Waals surface area (Å²) >= 11 is 0. The van der Waals surface area contributed by atoms with Crippen LogP contribution in [0.3, 0.4) is 0 Å². The minimum atomic E-state index is 0.600. The van der Waals surface area contributed by atoms with Crippen molar-refractivity contribution in [3.8, 4) is 11.5 Å². The molecule has 0 fully saturated rings. The third-order valence-electron chi connectivity index (χ3n) is 3.65. The molecule has 0 aliphatic heterocycles. The van der Waals surface area contributed by atoms with E-state index in [1.165, 1.54) is 5.56 Å². The lowest BCUT2D eigenvalue weighted by molar-refractivity contribution is 0.311. The van der Waals surface area contributed by atoms with Gasteiger partial charge in [0, 0.05) is 37.6 Å². The van der Waals surface area contributed by atoms with Gasteiger partial charge in [-0.05, 0) is 44.9 Å². The topological polar surface area (TPSA) is 72.7 Å². The van der Waals surface area contributed by atoms with Gasteiger partial charge in [-0.25, -0.2) is 0 Å². The summed E-state index contributed by atoms with van der Waals surface area (Å²) in [7, 11) is 1.64. The molecule has 26 heavy (non-hydrogen) atoms. The number of hydrogen-bond donors (Lipinski definition) is 2. The van der Waals surface area contributed by atoms with Gasteiger partial charge in [0.25, 0.3) is 0 Å². The number of ether oxygens (including phenoxy) is 2. The van der Waals surface area contributed by atoms with Crippen LogP contribution in [0.1, 0.15) is 25.8 Å². The van der Waals surface area contributed by atoms with Crippen LogP contribution in [0.25, 0.3) is 0 Å². The Morgan fingerprint density at radius 1 is 1.27 bits per heavy atom. The summed E-state index contributed by atoms with van der Waals surface area (Å²) in [6.07, 6.45) is 4.83. The zero-order chi connectivity index (χ0) is 18.8. The minimum absolute atomic E-state index is 0.600. The summed E-state index contributed by atoms with van der Waals surface area (Å²) in [5.41, 5.74) is 2.07. The molecule has 0 saturated heterocycles. The summed E-state index contributed by atoms with van der Waals surface area (Å²) in [4.78, 5) is 4.63. The lowest BCUT2D eigenvalue weighted by Gasteiger charge is -2.14. The molecule has 7 nitrogen and oxygen atoms in total. The van der Waals surface area contributed by atoms with Gasteiger partial charge in [-0.2, -0.15) is 5.10 Å². The summed E-state index contributed by atoms with van der Waals surface area (Å²) < 4.78 is 12.9. The highest BCUT2D eigenvalue weighted by atomic mass is 16.5. The van der Waals surface area contributed by atoms with Crippen LogP contribution in [0.2, 0.25) is 0 Å². The monoisotopic (exact) mass is 359 g/mol. The van der Waals surface area contributed by atoms with E-state index in [4.69, 9.17) is 9.47 Å². The van der Waals surface area contributed by atoms with Crippen molar-refractivity contribution in [2.75, 3.05) is 32.1 Å². The Balaban J connectivity index is 1.95. The standard InChI is InChI=1S/C19H29N5O2/c1-5-20-19(21-10-7-11-24-14-15(3)13-22-24)23-16-8-9-17(26-6-2)18(12-16)25-4/h8-9,12-14H,5-7,10-11H2,1-4H3,(H2,20,21,23). The number of anilines is 1. The van der Waals surface area contributed by atoms with Crippen LogP contribution in [0.5, 0.6) is 11.5 Å². The third kappa shape index (κ3) is 5.98. The fraction of sp³-hybridized carbons (Fsp3) is 0.474. The number of hydrogen-bond acceptors (Lipinski definition) is 4. The molecule has 0 aliphatic carbocycles. The van der Waals surface area contributed by atoms with Gasteiger partial charge in [-0.3, -0.25) is 9.67 Å². The molecule has 1 heterocycles. The third-order valence-corrected chi connectivity index (χ3v) is 3.65. The number of benzene rings is 1. The highest BCUT2D eigenvalue weighted by Gasteiger charge is 2.07. The van der Waals surface area contributed by atoms with Crippen molar-refractivity contribution < 1.29 is 9.47 Å². The molecule has 142 valence electrons. The number of aliphatic imine (C=N–C) groups is 1. The Morgan fingerprint density at radius 3 is 2.77 bits per heavy atom. The predicted molar refractivity (Wildman–Crippen MR) is 105 cm³/mol. The maximum absolute atomic E-state index is 5.55. The van der Waals surface area contributed by atoms with E-state index in [-0.39, 0.29) is 0 Å². The van der Waals surface area contributed by atoms with Crippen molar-refractivity contribution in [3.05, 3.63) is 36.2 Å². The predicted octanol–water partition coefficient (Wildman–Crippen LogP) is 3.07. The zero-order valence-corrected chi connectivity index (χ0v) is 16.1. The molecule has 1 aromatic carbocycles. The molecule has 2 rings (SSSR count). The molecular formula is C19H29N5O2. The van der Waals surface area contributed by atoms with E-state index in [1.54, 1.807) is 7.11 Å². The zero-order valence-electron chi connectivity index (χ0n) is 16.1. The molecule has 2 aromatic rings. The van der Waals surface area contributed by atoms with Crippen LogP contribution in [0, 0.1) is 6.92 Å². The maximum Gasteiger partial charge on any atom is 0.195 e. The van der Waals surface area contributed by atoms with Crippen molar-refractivity contribution in [2.24, 2.45) is 4.99 Å². The first-order valence-corrected chi connectivity index (χ1v) is 9.01. The molecule has 0 bridgehead atoms. The van der Waals surface area contributed by atoms with Crippen molar-refractivity contribution in [2.45, 2.75) is 33.7 Å². The molecule has 0 saturated carbocycles. The van der Waals surface area contributed by atoms with Crippen LogP contribution in [-0.4, -0.2) is 42.5 Å². The fourth-order valence-electron chi connectivity index (χ4n) is 2.48. The van der Waals surface area contributed by atoms with Crippen LogP contribution >= 0.6 is 0 Å². The quantitative estimate of drug-likeness (QED) is 0.409. The number of rotatable bonds is 9. The molecule has 0 aliphatic rings. The van der Waals surface area contributed by atoms with Gasteiger partial charge in [-0.1, -0.05) is 0 Å². The lowest BCUT2D eigenvalue weighted by atomic mass is 10.2. The maximum atomic E-state index is 5.55. The molecule has 0 unspecified atom stereocenters. The van der Waals surface area contributed by atoms with Gasteiger partial charge in [0.05, 0.1) is 19.9 Å². The van der Waals surface area contributed by atoms with Crippen molar-refractivity contribution in [1.82, 2.24) is 15.1 Å². The summed E-state index contributed by atoms with van der Waals surface area (Å²) in [5, 5.41) is 10.9. The highest BCUT2D eigenvalue weighted by Crippen LogP contribution is 2.30. The molecule has 0 amide bonds. The van der Waals surface area contributed by atoms with Crippen LogP contribution in [-0.2, 0) is 6.54 Å². The summed E-state index contributed by atoms with van der Waals surface area (Å²) in [5.74, 6) is 2.18. The first-order valence-electron chi connectivity index (χ1n) is 9.01. The van der Waals surface area contributed by atoms with Gasteiger partial charge in [-0.15, -0.1) is 0 Å². The molecule has 7 heteroatoms. The van der Waals surface area contributed by atoms with E-state index in [9.17, 15) is 0 Å². The van der Waals surface area contributed by atoms with Crippen LogP contribution in [0.15, 0.2) is 35.6 Å². The van der Waals surface area contributed by atoms with Crippen molar-refractivity contribution >= 4 is 11.6 Å². The fourth-order valence-corrected chi connectivity index (χ4v) is 2.48. The first kappa shape index (κ1) is 19.6. The number of aryl methyl sites for hydroxylation is 2. The Labute approximate surface area is 155 Å². The molecule has 0 radical (unpaired) electrons. The minimum Gasteiger partial charge on any atom is -0.493 e. The van der Waals surface area contributed by atoms with Gasteiger partial charge in [0.1, 0.15) is 0 Å². The SMILES string of the molecule is CCNC(=NCCCn1cc(C)cn1)Nc1ccc(OCC)c(OC)c1. The van der Waals surface area contributed by atoms with Gasteiger partial charge in [0.15, 0.2) is 17.5 Å². The average Bonchev–Trinajstić information content (AvgIpc) is 3.05. The summed E-state index contributed by atoms with van der Waals surface area (Å²) in [6.45, 7) is 8.99. The van der Waals surface area contributed by atoms with Crippen molar-refractivity contribution in [1.29, 1.82) is 0 Å². The van der Waals surface area contributed by atoms with E-state index < -0.39 is 0 Å². The number of nitrogens with one attached hydrogen (secondary N) is 2. The van der Waals surface area contributed by atoms with Crippen LogP contribution in [0.4, 0.5) is 5.69 Å². The second kappa shape index (κ2) is 10.3. The van der Waals surface area contributed by atoms with E-state index >= 15 is 0 Å². The Bertz CT molecular complexity index is 712. The average molecular weight is 359 g/mol. The largest absolute Gasteiger partial charge is 0.493 e. The number of methoxy groups -OCH3 is 1. The molecule has 1 aromatic heterocycles.